The van der Waals surface area contributed by atoms with Crippen molar-refractivity contribution in [3.63, 3.8) is 0 Å². The number of anilines is 1. The number of nitrogens with one attached hydrogen (secondary N) is 1. The molecule has 2 aromatic carbocycles. The van der Waals surface area contributed by atoms with Gasteiger partial charge in [-0.3, -0.25) is 9.78 Å². The lowest BCUT2D eigenvalue weighted by Gasteiger charge is -2.47. The molecule has 3 aliphatic rings. The van der Waals surface area contributed by atoms with E-state index in [4.69, 9.17) is 11.6 Å². The van der Waals surface area contributed by atoms with E-state index in [1.165, 1.54) is 24.5 Å². The standard InChI is InChI=1S/C30H28ClF3N2O6S/c31-21-4-3-15(28(39)36-19-9-22(32)26(34)23(33)10-19)6-25(21)43(41,42)20-8-17-7-18-11-29(18,12-20)30(17,40)13-24(37)27(38)16-2-1-5-35-14-16/h1-6,9-10,14,17-18,20,24,27,37-38,40H,7-8,11-13H2,(H,36,39)/t17?,18?,20-,24?,27?,29?,30-/m1/s1. The summed E-state index contributed by atoms with van der Waals surface area (Å²) < 4.78 is 68.4. The van der Waals surface area contributed by atoms with E-state index < -0.39 is 67.6 Å². The smallest absolute Gasteiger partial charge is 0.255 e. The minimum absolute atomic E-state index is 0.0783. The molecule has 0 aliphatic heterocycles. The molecule has 1 amide bonds. The number of hydrogen-bond acceptors (Lipinski definition) is 7. The average molecular weight is 637 g/mol. The molecule has 7 atom stereocenters. The van der Waals surface area contributed by atoms with Crippen molar-refractivity contribution in [1.82, 2.24) is 4.98 Å². The van der Waals surface area contributed by atoms with E-state index in [9.17, 15) is 41.7 Å². The molecule has 43 heavy (non-hydrogen) atoms. The van der Waals surface area contributed by atoms with Crippen molar-refractivity contribution in [2.45, 2.75) is 60.1 Å². The van der Waals surface area contributed by atoms with Gasteiger partial charge in [-0.25, -0.2) is 21.6 Å². The third-order valence-electron chi connectivity index (χ3n) is 9.57. The quantitative estimate of drug-likeness (QED) is 0.266. The zero-order chi connectivity index (χ0) is 30.9. The summed E-state index contributed by atoms with van der Waals surface area (Å²) >= 11 is 6.31. The van der Waals surface area contributed by atoms with E-state index in [0.717, 1.165) is 6.07 Å². The second-order valence-electron chi connectivity index (χ2n) is 11.9. The summed E-state index contributed by atoms with van der Waals surface area (Å²) in [6.45, 7) is 0. The first-order chi connectivity index (χ1) is 20.3. The predicted octanol–water partition coefficient (Wildman–Crippen LogP) is 4.58. The Morgan fingerprint density at radius 1 is 1.07 bits per heavy atom. The third kappa shape index (κ3) is 4.93. The number of carbonyl (C=O) groups excluding carboxylic acids is 1. The summed E-state index contributed by atoms with van der Waals surface area (Å²) in [6.07, 6.45) is 1.64. The highest BCUT2D eigenvalue weighted by Gasteiger charge is 2.77. The first-order valence-electron chi connectivity index (χ1n) is 13.7. The molecule has 3 fully saturated rings. The maximum atomic E-state index is 13.9. The normalized spacial score (nSPS) is 29.0. The fourth-order valence-electron chi connectivity index (χ4n) is 7.37. The van der Waals surface area contributed by atoms with Crippen LogP contribution in [0.4, 0.5) is 18.9 Å². The van der Waals surface area contributed by atoms with E-state index in [-0.39, 0.29) is 46.3 Å². The molecular formula is C30H28ClF3N2O6S. The number of carbonyl (C=O) groups is 1. The molecule has 228 valence electrons. The largest absolute Gasteiger partial charge is 0.390 e. The summed E-state index contributed by atoms with van der Waals surface area (Å²) in [7, 11) is -4.13. The topological polar surface area (TPSA) is 137 Å². The van der Waals surface area contributed by atoms with Crippen LogP contribution < -0.4 is 5.32 Å². The van der Waals surface area contributed by atoms with Gasteiger partial charge in [-0.1, -0.05) is 17.7 Å². The fourth-order valence-corrected chi connectivity index (χ4v) is 9.81. The summed E-state index contributed by atoms with van der Waals surface area (Å²) in [5.41, 5.74) is -2.24. The fraction of sp³-hybridized carbons (Fsp3) is 0.400. The van der Waals surface area contributed by atoms with Crippen molar-refractivity contribution in [2.24, 2.45) is 17.3 Å². The van der Waals surface area contributed by atoms with Crippen molar-refractivity contribution in [3.8, 4) is 0 Å². The molecule has 8 nitrogen and oxygen atoms in total. The molecule has 3 aliphatic carbocycles. The number of rotatable bonds is 8. The van der Waals surface area contributed by atoms with Crippen LogP contribution in [0.3, 0.4) is 0 Å². The van der Waals surface area contributed by atoms with Gasteiger partial charge in [0.1, 0.15) is 6.10 Å². The number of halogens is 4. The Labute approximate surface area is 250 Å². The van der Waals surface area contributed by atoms with Gasteiger partial charge in [-0.15, -0.1) is 0 Å². The molecule has 13 heteroatoms. The SMILES string of the molecule is O=C(Nc1cc(F)c(F)c(F)c1)c1ccc(Cl)c(S(=O)(=O)[C@@H]2CC3CC4CC4(C2)[C@@]3(O)CC(O)C(O)c2cccnc2)c1. The molecule has 6 rings (SSSR count). The number of amides is 1. The number of aromatic nitrogens is 1. The van der Waals surface area contributed by atoms with Gasteiger partial charge in [0.25, 0.3) is 5.91 Å². The maximum Gasteiger partial charge on any atom is 0.255 e. The molecule has 4 N–H and O–H groups in total. The summed E-state index contributed by atoms with van der Waals surface area (Å²) in [4.78, 5) is 16.5. The predicted molar refractivity (Wildman–Crippen MR) is 149 cm³/mol. The summed E-state index contributed by atoms with van der Waals surface area (Å²) in [5, 5.41) is 34.7. The molecule has 0 saturated heterocycles. The molecule has 0 radical (unpaired) electrons. The molecule has 1 aromatic heterocycles. The minimum atomic E-state index is -4.13. The van der Waals surface area contributed by atoms with Crippen molar-refractivity contribution in [3.05, 3.63) is 88.5 Å². The second kappa shape index (κ2) is 10.6. The third-order valence-corrected chi connectivity index (χ3v) is 12.2. The Bertz CT molecular complexity index is 1690. The van der Waals surface area contributed by atoms with Crippen LogP contribution in [0.2, 0.25) is 5.02 Å². The monoisotopic (exact) mass is 636 g/mol. The van der Waals surface area contributed by atoms with Gasteiger partial charge in [0.2, 0.25) is 0 Å². The summed E-state index contributed by atoms with van der Waals surface area (Å²) in [5.74, 6) is -5.96. The molecule has 1 heterocycles. The Balaban J connectivity index is 1.22. The highest BCUT2D eigenvalue weighted by Crippen LogP contribution is 2.77. The van der Waals surface area contributed by atoms with Gasteiger partial charge in [-0.2, -0.15) is 0 Å². The lowest BCUT2D eigenvalue weighted by molar-refractivity contribution is -0.128. The Morgan fingerprint density at radius 2 is 1.79 bits per heavy atom. The van der Waals surface area contributed by atoms with Gasteiger partial charge < -0.3 is 20.6 Å². The molecular weight excluding hydrogens is 609 g/mol. The van der Waals surface area contributed by atoms with Gasteiger partial charge in [0.05, 0.1) is 26.9 Å². The Hall–Kier alpha value is -3.03. The lowest BCUT2D eigenvalue weighted by Crippen LogP contribution is -2.53. The minimum Gasteiger partial charge on any atom is -0.390 e. The van der Waals surface area contributed by atoms with Crippen molar-refractivity contribution >= 4 is 33.0 Å². The highest BCUT2D eigenvalue weighted by atomic mass is 35.5. The molecule has 5 unspecified atom stereocenters. The van der Waals surface area contributed by atoms with Crippen LogP contribution in [0.5, 0.6) is 0 Å². The second-order valence-corrected chi connectivity index (χ2v) is 14.5. The molecule has 1 spiro atoms. The molecule has 2 bridgehead atoms. The number of pyridine rings is 1. The van der Waals surface area contributed by atoms with E-state index >= 15 is 0 Å². The molecule has 3 aromatic rings. The van der Waals surface area contributed by atoms with Crippen LogP contribution in [-0.4, -0.2) is 51.6 Å². The zero-order valence-electron chi connectivity index (χ0n) is 22.6. The van der Waals surface area contributed by atoms with Crippen LogP contribution in [0.1, 0.15) is 54.1 Å². The number of nitrogens with zero attached hydrogens (tertiary/aromatic N) is 1. The van der Waals surface area contributed by atoms with Gasteiger partial charge in [0.15, 0.2) is 27.3 Å². The zero-order valence-corrected chi connectivity index (χ0v) is 24.1. The van der Waals surface area contributed by atoms with Crippen LogP contribution in [0, 0.1) is 34.7 Å². The lowest BCUT2D eigenvalue weighted by atomic mass is 9.66. The first kappa shape index (κ1) is 30.0. The highest BCUT2D eigenvalue weighted by molar-refractivity contribution is 7.92. The van der Waals surface area contributed by atoms with Crippen LogP contribution in [0.25, 0.3) is 0 Å². The number of benzene rings is 2. The van der Waals surface area contributed by atoms with Crippen LogP contribution >= 0.6 is 11.6 Å². The van der Waals surface area contributed by atoms with E-state index in [1.807, 2.05) is 0 Å². The van der Waals surface area contributed by atoms with Gasteiger partial charge in [0, 0.05) is 53.2 Å². The summed E-state index contributed by atoms with van der Waals surface area (Å²) in [6, 6.07) is 8.01. The first-order valence-corrected chi connectivity index (χ1v) is 15.7. The van der Waals surface area contributed by atoms with Gasteiger partial charge in [-0.05, 0) is 61.8 Å². The van der Waals surface area contributed by atoms with E-state index in [1.54, 1.807) is 12.1 Å². The number of aliphatic hydroxyl groups is 3. The number of aliphatic hydroxyl groups excluding tert-OH is 2. The number of sulfone groups is 1. The van der Waals surface area contributed by atoms with Crippen LogP contribution in [0.15, 0.2) is 59.8 Å². The number of fused-ring (bicyclic) bond motifs is 1. The maximum absolute atomic E-state index is 13.9. The average Bonchev–Trinajstić information content (AvgIpc) is 3.65. The Morgan fingerprint density at radius 3 is 2.44 bits per heavy atom. The van der Waals surface area contributed by atoms with E-state index in [0.29, 0.717) is 30.5 Å². The van der Waals surface area contributed by atoms with Crippen molar-refractivity contribution in [1.29, 1.82) is 0 Å². The Kier molecular flexibility index (Phi) is 7.37. The van der Waals surface area contributed by atoms with Crippen molar-refractivity contribution in [2.75, 3.05) is 5.32 Å². The molecule has 3 saturated carbocycles. The van der Waals surface area contributed by atoms with E-state index in [2.05, 4.69) is 10.3 Å². The van der Waals surface area contributed by atoms with Crippen LogP contribution in [-0.2, 0) is 9.84 Å². The van der Waals surface area contributed by atoms with Gasteiger partial charge >= 0.3 is 0 Å². The van der Waals surface area contributed by atoms with Crippen molar-refractivity contribution < 1.29 is 41.7 Å². The number of hydrogen-bond donors (Lipinski definition) is 4.